The number of nitrogens with two attached hydrogens (primary N) is 1. The normalized spacial score (nSPS) is 21.5. The Balaban J connectivity index is 2.62. The maximum absolute atomic E-state index is 11.4. The number of primary amides is 1. The quantitative estimate of drug-likeness (QED) is 0.538. The Hall–Kier alpha value is -1.10. The number of nitrogens with one attached hydrogen (secondary N) is 1. The van der Waals surface area contributed by atoms with E-state index in [0.29, 0.717) is 6.67 Å². The van der Waals surface area contributed by atoms with Gasteiger partial charge in [0.25, 0.3) is 0 Å². The van der Waals surface area contributed by atoms with Crippen molar-refractivity contribution in [3.05, 3.63) is 0 Å². The Morgan fingerprint density at radius 2 is 2.33 bits per heavy atom. The van der Waals surface area contributed by atoms with Gasteiger partial charge >= 0.3 is 0 Å². The van der Waals surface area contributed by atoms with E-state index in [9.17, 15) is 9.59 Å². The summed E-state index contributed by atoms with van der Waals surface area (Å²) >= 11 is 0. The highest BCUT2D eigenvalue weighted by atomic mass is 16.2. The molecule has 0 unspecified atom stereocenters. The minimum Gasteiger partial charge on any atom is -0.368 e. The summed E-state index contributed by atoms with van der Waals surface area (Å²) in [4.78, 5) is 23.3. The smallest absolute Gasteiger partial charge is 0.243 e. The molecule has 0 aromatic carbocycles. The van der Waals surface area contributed by atoms with E-state index in [2.05, 4.69) is 5.32 Å². The molecule has 0 bridgehead atoms. The average molecular weight is 171 g/mol. The number of amides is 2. The van der Waals surface area contributed by atoms with Gasteiger partial charge in [-0.05, 0) is 13.8 Å². The molecular weight excluding hydrogens is 158 g/mol. The van der Waals surface area contributed by atoms with Crippen LogP contribution in [0, 0.1) is 0 Å². The molecule has 1 aliphatic rings. The topological polar surface area (TPSA) is 75.4 Å². The van der Waals surface area contributed by atoms with E-state index in [0.717, 1.165) is 0 Å². The maximum Gasteiger partial charge on any atom is 0.243 e. The van der Waals surface area contributed by atoms with Crippen molar-refractivity contribution in [2.24, 2.45) is 5.73 Å². The fourth-order valence-corrected chi connectivity index (χ4v) is 1.15. The van der Waals surface area contributed by atoms with Gasteiger partial charge in [-0.2, -0.15) is 0 Å². The number of carbonyl (C=O) groups is 2. The number of rotatable bonds is 2. The summed E-state index contributed by atoms with van der Waals surface area (Å²) in [6, 6.07) is 0. The van der Waals surface area contributed by atoms with Crippen LogP contribution in [0.3, 0.4) is 0 Å². The molecule has 0 aromatic rings. The molecule has 12 heavy (non-hydrogen) atoms. The third kappa shape index (κ3) is 1.55. The van der Waals surface area contributed by atoms with Crippen LogP contribution < -0.4 is 11.1 Å². The second kappa shape index (κ2) is 2.75. The van der Waals surface area contributed by atoms with Crippen molar-refractivity contribution in [1.82, 2.24) is 10.2 Å². The van der Waals surface area contributed by atoms with Gasteiger partial charge in [0.1, 0.15) is 6.54 Å². The highest BCUT2D eigenvalue weighted by Gasteiger charge is 2.38. The Labute approximate surface area is 70.9 Å². The molecular formula is C7H13N3O2. The molecule has 2 amide bonds. The molecule has 1 fully saturated rings. The third-order valence-electron chi connectivity index (χ3n) is 1.88. The van der Waals surface area contributed by atoms with Crippen molar-refractivity contribution in [3.8, 4) is 0 Å². The van der Waals surface area contributed by atoms with Crippen molar-refractivity contribution in [2.75, 3.05) is 13.2 Å². The molecule has 5 heteroatoms. The zero-order valence-corrected chi connectivity index (χ0v) is 7.26. The molecule has 1 heterocycles. The fraction of sp³-hybridized carbons (Fsp3) is 0.714. The van der Waals surface area contributed by atoms with Crippen molar-refractivity contribution in [1.29, 1.82) is 0 Å². The minimum absolute atomic E-state index is 0.00470. The number of hydrogen-bond acceptors (Lipinski definition) is 3. The number of carbonyl (C=O) groups excluding carboxylic acids is 2. The van der Waals surface area contributed by atoms with Crippen LogP contribution in [-0.2, 0) is 9.59 Å². The van der Waals surface area contributed by atoms with Crippen molar-refractivity contribution < 1.29 is 9.59 Å². The Morgan fingerprint density at radius 3 is 2.67 bits per heavy atom. The first-order valence-corrected chi connectivity index (χ1v) is 3.76. The SMILES string of the molecule is CC1(C)NCN(CC(N)=O)C1=O. The van der Waals surface area contributed by atoms with E-state index in [1.807, 2.05) is 0 Å². The fourth-order valence-electron chi connectivity index (χ4n) is 1.15. The minimum atomic E-state index is -0.560. The van der Waals surface area contributed by atoms with E-state index in [-0.39, 0.29) is 12.5 Å². The molecule has 0 radical (unpaired) electrons. The largest absolute Gasteiger partial charge is 0.368 e. The Morgan fingerprint density at radius 1 is 1.75 bits per heavy atom. The van der Waals surface area contributed by atoms with E-state index < -0.39 is 11.4 Å². The monoisotopic (exact) mass is 171 g/mol. The lowest BCUT2D eigenvalue weighted by atomic mass is 10.1. The summed E-state index contributed by atoms with van der Waals surface area (Å²) in [7, 11) is 0. The van der Waals surface area contributed by atoms with Gasteiger partial charge in [-0.15, -0.1) is 0 Å². The summed E-state index contributed by atoms with van der Waals surface area (Å²) in [5.41, 5.74) is 4.40. The molecule has 0 spiro atoms. The molecule has 68 valence electrons. The van der Waals surface area contributed by atoms with Crippen LogP contribution in [0.2, 0.25) is 0 Å². The summed E-state index contributed by atoms with van der Waals surface area (Å²) in [6.45, 7) is 3.94. The highest BCUT2D eigenvalue weighted by Crippen LogP contribution is 2.13. The molecule has 3 N–H and O–H groups in total. The van der Waals surface area contributed by atoms with Crippen LogP contribution in [0.25, 0.3) is 0 Å². The lowest BCUT2D eigenvalue weighted by Crippen LogP contribution is -2.41. The van der Waals surface area contributed by atoms with Crippen molar-refractivity contribution in [2.45, 2.75) is 19.4 Å². The Kier molecular flexibility index (Phi) is 2.06. The lowest BCUT2D eigenvalue weighted by molar-refractivity contribution is -0.134. The van der Waals surface area contributed by atoms with E-state index in [4.69, 9.17) is 5.73 Å². The second-order valence-electron chi connectivity index (χ2n) is 3.43. The van der Waals surface area contributed by atoms with Crippen LogP contribution in [0.5, 0.6) is 0 Å². The van der Waals surface area contributed by atoms with Gasteiger partial charge in [0.05, 0.1) is 12.2 Å². The van der Waals surface area contributed by atoms with Gasteiger partial charge in [-0.25, -0.2) is 0 Å². The summed E-state index contributed by atoms with van der Waals surface area (Å²) in [5, 5.41) is 2.97. The molecule has 0 aromatic heterocycles. The predicted molar refractivity (Wildman–Crippen MR) is 43.0 cm³/mol. The summed E-state index contributed by atoms with van der Waals surface area (Å²) in [6.07, 6.45) is 0. The average Bonchev–Trinajstić information content (AvgIpc) is 2.15. The van der Waals surface area contributed by atoms with Crippen LogP contribution in [-0.4, -0.2) is 35.5 Å². The molecule has 1 rings (SSSR count). The first kappa shape index (κ1) is 8.99. The maximum atomic E-state index is 11.4. The van der Waals surface area contributed by atoms with Crippen molar-refractivity contribution in [3.63, 3.8) is 0 Å². The lowest BCUT2D eigenvalue weighted by Gasteiger charge is -2.16. The van der Waals surface area contributed by atoms with E-state index in [1.54, 1.807) is 13.8 Å². The standard InChI is InChI=1S/C7H13N3O2/c1-7(2)6(12)10(4-9-7)3-5(8)11/h9H,3-4H2,1-2H3,(H2,8,11). The van der Waals surface area contributed by atoms with E-state index in [1.165, 1.54) is 4.90 Å². The zero-order chi connectivity index (χ0) is 9.35. The molecule has 1 saturated heterocycles. The molecule has 0 aliphatic carbocycles. The van der Waals surface area contributed by atoms with Crippen LogP contribution >= 0.6 is 0 Å². The van der Waals surface area contributed by atoms with Gasteiger partial charge in [0.2, 0.25) is 11.8 Å². The first-order chi connectivity index (χ1) is 5.43. The van der Waals surface area contributed by atoms with Gasteiger partial charge in [0.15, 0.2) is 0 Å². The van der Waals surface area contributed by atoms with Crippen molar-refractivity contribution >= 4 is 11.8 Å². The summed E-state index contributed by atoms with van der Waals surface area (Å²) in [5.74, 6) is -0.566. The van der Waals surface area contributed by atoms with Crippen LogP contribution in [0.1, 0.15) is 13.8 Å². The second-order valence-corrected chi connectivity index (χ2v) is 3.43. The highest BCUT2D eigenvalue weighted by molar-refractivity contribution is 5.90. The summed E-state index contributed by atoms with van der Waals surface area (Å²) < 4.78 is 0. The number of hydrogen-bond donors (Lipinski definition) is 2. The third-order valence-corrected chi connectivity index (χ3v) is 1.88. The number of nitrogens with zero attached hydrogens (tertiary/aromatic N) is 1. The van der Waals surface area contributed by atoms with Crippen LogP contribution in [0.4, 0.5) is 0 Å². The first-order valence-electron chi connectivity index (χ1n) is 3.76. The Bertz CT molecular complexity index is 225. The molecule has 0 atom stereocenters. The molecule has 5 nitrogen and oxygen atoms in total. The molecule has 1 aliphatic heterocycles. The van der Waals surface area contributed by atoms with Gasteiger partial charge in [-0.3, -0.25) is 14.9 Å². The van der Waals surface area contributed by atoms with Gasteiger partial charge in [-0.1, -0.05) is 0 Å². The predicted octanol–water partition coefficient (Wildman–Crippen LogP) is -1.36. The van der Waals surface area contributed by atoms with E-state index >= 15 is 0 Å². The van der Waals surface area contributed by atoms with Gasteiger partial charge in [0, 0.05) is 0 Å². The van der Waals surface area contributed by atoms with Gasteiger partial charge < -0.3 is 10.6 Å². The molecule has 0 saturated carbocycles. The van der Waals surface area contributed by atoms with Crippen LogP contribution in [0.15, 0.2) is 0 Å². The zero-order valence-electron chi connectivity index (χ0n) is 7.26.